The predicted octanol–water partition coefficient (Wildman–Crippen LogP) is 1.56. The number of aromatic nitrogens is 3. The maximum absolute atomic E-state index is 11.2. The molecule has 2 heterocycles. The zero-order valence-electron chi connectivity index (χ0n) is 9.73. The molecule has 0 fully saturated rings. The second-order valence-corrected chi connectivity index (χ2v) is 4.63. The number of aromatic amines is 1. The number of H-pyrrole nitrogens is 1. The molecule has 5 nitrogen and oxygen atoms in total. The molecular weight excluding hydrogens is 236 g/mol. The summed E-state index contributed by atoms with van der Waals surface area (Å²) in [6.45, 7) is 2.09. The topological polar surface area (TPSA) is 70.7 Å². The van der Waals surface area contributed by atoms with Crippen LogP contribution in [0.5, 0.6) is 0 Å². The maximum atomic E-state index is 11.2. The molecule has 17 heavy (non-hydrogen) atoms. The summed E-state index contributed by atoms with van der Waals surface area (Å²) in [4.78, 5) is 13.9. The summed E-state index contributed by atoms with van der Waals surface area (Å²) in [5.41, 5.74) is 0.590. The second kappa shape index (κ2) is 5.20. The summed E-state index contributed by atoms with van der Waals surface area (Å²) < 4.78 is 0. The third-order valence-corrected chi connectivity index (χ3v) is 3.56. The Morgan fingerprint density at radius 1 is 1.47 bits per heavy atom. The first-order valence-corrected chi connectivity index (χ1v) is 6.26. The van der Waals surface area contributed by atoms with Gasteiger partial charge in [0, 0.05) is 6.07 Å². The standard InChI is InChI=1S/C11H14N4OS/c1-3-7(12-2)10-14-15-11(17-10)8-5-4-6-9(16)13-8/h4-7,12H,3H2,1-2H3,(H,13,16). The van der Waals surface area contributed by atoms with Crippen molar-refractivity contribution in [1.29, 1.82) is 0 Å². The molecule has 0 aliphatic rings. The lowest BCUT2D eigenvalue weighted by atomic mass is 10.2. The van der Waals surface area contributed by atoms with Crippen molar-refractivity contribution in [1.82, 2.24) is 20.5 Å². The first-order valence-electron chi connectivity index (χ1n) is 5.45. The minimum Gasteiger partial charge on any atom is -0.320 e. The highest BCUT2D eigenvalue weighted by Gasteiger charge is 2.14. The van der Waals surface area contributed by atoms with E-state index in [-0.39, 0.29) is 11.6 Å². The zero-order chi connectivity index (χ0) is 12.3. The van der Waals surface area contributed by atoms with Gasteiger partial charge in [-0.1, -0.05) is 24.3 Å². The quantitative estimate of drug-likeness (QED) is 0.864. The molecule has 2 rings (SSSR count). The van der Waals surface area contributed by atoms with Gasteiger partial charge in [-0.05, 0) is 19.5 Å². The summed E-state index contributed by atoms with van der Waals surface area (Å²) in [6.07, 6.45) is 0.955. The normalized spacial score (nSPS) is 12.6. The Hall–Kier alpha value is -1.53. The fourth-order valence-corrected chi connectivity index (χ4v) is 2.58. The van der Waals surface area contributed by atoms with Crippen molar-refractivity contribution in [3.8, 4) is 10.7 Å². The van der Waals surface area contributed by atoms with Gasteiger partial charge in [-0.3, -0.25) is 4.79 Å². The lowest BCUT2D eigenvalue weighted by Crippen LogP contribution is -2.14. The minimum absolute atomic E-state index is 0.125. The van der Waals surface area contributed by atoms with E-state index in [0.29, 0.717) is 5.69 Å². The Balaban J connectivity index is 2.32. The third kappa shape index (κ3) is 2.59. The smallest absolute Gasteiger partial charge is 0.248 e. The van der Waals surface area contributed by atoms with Crippen molar-refractivity contribution >= 4 is 11.3 Å². The molecule has 2 aromatic heterocycles. The number of hydrogen-bond donors (Lipinski definition) is 2. The predicted molar refractivity (Wildman–Crippen MR) is 68.1 cm³/mol. The van der Waals surface area contributed by atoms with Crippen LogP contribution in [-0.2, 0) is 0 Å². The average molecular weight is 250 g/mol. The van der Waals surface area contributed by atoms with Crippen LogP contribution in [0.4, 0.5) is 0 Å². The van der Waals surface area contributed by atoms with Crippen LogP contribution in [0, 0.1) is 0 Å². The van der Waals surface area contributed by atoms with Gasteiger partial charge in [0.15, 0.2) is 5.01 Å². The van der Waals surface area contributed by atoms with Gasteiger partial charge in [0.25, 0.3) is 0 Å². The van der Waals surface area contributed by atoms with Gasteiger partial charge in [0.2, 0.25) is 5.56 Å². The van der Waals surface area contributed by atoms with E-state index in [0.717, 1.165) is 16.4 Å². The molecule has 0 spiro atoms. The van der Waals surface area contributed by atoms with Crippen molar-refractivity contribution in [2.75, 3.05) is 7.05 Å². The SMILES string of the molecule is CCC(NC)c1nnc(-c2cccc(=O)[nH]2)s1. The van der Waals surface area contributed by atoms with Gasteiger partial charge in [0.1, 0.15) is 5.01 Å². The van der Waals surface area contributed by atoms with Gasteiger partial charge in [0.05, 0.1) is 11.7 Å². The number of nitrogens with one attached hydrogen (secondary N) is 2. The van der Waals surface area contributed by atoms with E-state index in [4.69, 9.17) is 0 Å². The van der Waals surface area contributed by atoms with Crippen molar-refractivity contribution in [2.24, 2.45) is 0 Å². The minimum atomic E-state index is -0.125. The van der Waals surface area contributed by atoms with Crippen LogP contribution in [0.1, 0.15) is 24.4 Å². The molecule has 0 radical (unpaired) electrons. The molecule has 2 aromatic rings. The molecule has 0 amide bonds. The van der Waals surface area contributed by atoms with Crippen LogP contribution in [0.15, 0.2) is 23.0 Å². The summed E-state index contributed by atoms with van der Waals surface area (Å²) in [5, 5.41) is 13.1. The highest BCUT2D eigenvalue weighted by atomic mass is 32.1. The van der Waals surface area contributed by atoms with Crippen LogP contribution in [0.2, 0.25) is 0 Å². The second-order valence-electron chi connectivity index (χ2n) is 3.62. The average Bonchev–Trinajstić information content (AvgIpc) is 2.80. The van der Waals surface area contributed by atoms with Crippen LogP contribution >= 0.6 is 11.3 Å². The van der Waals surface area contributed by atoms with Crippen molar-refractivity contribution in [2.45, 2.75) is 19.4 Å². The first-order chi connectivity index (χ1) is 8.24. The highest BCUT2D eigenvalue weighted by molar-refractivity contribution is 7.14. The molecule has 0 aromatic carbocycles. The Labute approximate surface area is 103 Å². The summed E-state index contributed by atoms with van der Waals surface area (Å²) in [5.74, 6) is 0. The van der Waals surface area contributed by atoms with E-state index in [2.05, 4.69) is 27.4 Å². The van der Waals surface area contributed by atoms with Crippen molar-refractivity contribution in [3.05, 3.63) is 33.6 Å². The van der Waals surface area contributed by atoms with Gasteiger partial charge < -0.3 is 10.3 Å². The molecular formula is C11H14N4OS. The van der Waals surface area contributed by atoms with E-state index < -0.39 is 0 Å². The van der Waals surface area contributed by atoms with Crippen LogP contribution in [-0.4, -0.2) is 22.2 Å². The van der Waals surface area contributed by atoms with Crippen LogP contribution < -0.4 is 10.9 Å². The van der Waals surface area contributed by atoms with Gasteiger partial charge in [-0.2, -0.15) is 0 Å². The molecule has 0 saturated heterocycles. The lowest BCUT2D eigenvalue weighted by molar-refractivity contribution is 0.568. The zero-order valence-corrected chi connectivity index (χ0v) is 10.5. The Bertz CT molecular complexity index is 544. The lowest BCUT2D eigenvalue weighted by Gasteiger charge is -2.07. The van der Waals surface area contributed by atoms with Crippen LogP contribution in [0.25, 0.3) is 10.7 Å². The highest BCUT2D eigenvalue weighted by Crippen LogP contribution is 2.25. The molecule has 0 aliphatic heterocycles. The van der Waals surface area contributed by atoms with Gasteiger partial charge in [-0.25, -0.2) is 0 Å². The Kier molecular flexibility index (Phi) is 3.65. The van der Waals surface area contributed by atoms with Crippen LogP contribution in [0.3, 0.4) is 0 Å². The molecule has 0 saturated carbocycles. The third-order valence-electron chi connectivity index (χ3n) is 2.49. The molecule has 0 bridgehead atoms. The van der Waals surface area contributed by atoms with Crippen molar-refractivity contribution in [3.63, 3.8) is 0 Å². The summed E-state index contributed by atoms with van der Waals surface area (Å²) in [7, 11) is 1.90. The molecule has 0 aliphatic carbocycles. The van der Waals surface area contributed by atoms with E-state index >= 15 is 0 Å². The molecule has 1 unspecified atom stereocenters. The molecule has 90 valence electrons. The largest absolute Gasteiger partial charge is 0.320 e. The fraction of sp³-hybridized carbons (Fsp3) is 0.364. The molecule has 1 atom stereocenters. The summed E-state index contributed by atoms with van der Waals surface area (Å²) >= 11 is 1.50. The van der Waals surface area contributed by atoms with E-state index in [9.17, 15) is 4.79 Å². The van der Waals surface area contributed by atoms with Crippen molar-refractivity contribution < 1.29 is 0 Å². The Morgan fingerprint density at radius 3 is 2.94 bits per heavy atom. The van der Waals surface area contributed by atoms with Gasteiger partial charge >= 0.3 is 0 Å². The number of nitrogens with zero attached hydrogens (tertiary/aromatic N) is 2. The summed E-state index contributed by atoms with van der Waals surface area (Å²) in [6, 6.07) is 5.24. The number of pyridine rings is 1. The Morgan fingerprint density at radius 2 is 2.29 bits per heavy atom. The number of rotatable bonds is 4. The number of hydrogen-bond acceptors (Lipinski definition) is 5. The van der Waals surface area contributed by atoms with E-state index in [1.807, 2.05) is 13.1 Å². The molecule has 6 heteroatoms. The van der Waals surface area contributed by atoms with E-state index in [1.54, 1.807) is 6.07 Å². The first kappa shape index (κ1) is 11.9. The van der Waals surface area contributed by atoms with E-state index in [1.165, 1.54) is 17.4 Å². The van der Waals surface area contributed by atoms with Gasteiger partial charge in [-0.15, -0.1) is 10.2 Å². The monoisotopic (exact) mass is 250 g/mol. The molecule has 2 N–H and O–H groups in total. The fourth-order valence-electron chi connectivity index (χ4n) is 1.56. The maximum Gasteiger partial charge on any atom is 0.248 e.